The number of nitrogens with one attached hydrogen (secondary N) is 2. The molecule has 100 valence electrons. The third-order valence-corrected chi connectivity index (χ3v) is 1.85. The maximum absolute atomic E-state index is 11.3. The number of amides is 2. The van der Waals surface area contributed by atoms with E-state index in [-0.39, 0.29) is 0 Å². The smallest absolute Gasteiger partial charge is 0.316 e. The first-order valence-corrected chi connectivity index (χ1v) is 5.33. The number of hydrogen-bond donors (Lipinski definition) is 4. The predicted octanol–water partition coefficient (Wildman–Crippen LogP) is -0.854. The average molecular weight is 254 g/mol. The Bertz CT molecular complexity index is 342. The van der Waals surface area contributed by atoms with Gasteiger partial charge in [-0.15, -0.1) is 0 Å². The van der Waals surface area contributed by atoms with Crippen LogP contribution in [0.15, 0.2) is 24.3 Å². The van der Waals surface area contributed by atoms with Crippen LogP contribution in [0.3, 0.4) is 0 Å². The highest BCUT2D eigenvalue weighted by atomic mass is 16.2. The number of hydrogen-bond acceptors (Lipinski definition) is 5. The molecule has 2 atom stereocenters. The van der Waals surface area contributed by atoms with Crippen molar-refractivity contribution in [2.24, 2.45) is 11.5 Å². The molecule has 0 aliphatic rings. The van der Waals surface area contributed by atoms with E-state index in [1.165, 1.54) is 24.3 Å². The molecule has 0 aromatic carbocycles. The van der Waals surface area contributed by atoms with Gasteiger partial charge in [-0.2, -0.15) is 0 Å². The van der Waals surface area contributed by atoms with Crippen molar-refractivity contribution in [3.05, 3.63) is 24.3 Å². The number of ketones is 2. The third kappa shape index (κ3) is 5.92. The highest BCUT2D eigenvalue weighted by molar-refractivity contribution is 5.98. The molecule has 0 fully saturated rings. The lowest BCUT2D eigenvalue weighted by Gasteiger charge is -2.14. The molecular formula is C11H18N4O3. The molecule has 7 nitrogen and oxygen atoms in total. The Balaban J connectivity index is 4.27. The van der Waals surface area contributed by atoms with Crippen LogP contribution in [0.1, 0.15) is 13.8 Å². The molecule has 0 aromatic heterocycles. The van der Waals surface area contributed by atoms with Gasteiger partial charge in [0.15, 0.2) is 11.6 Å². The Kier molecular flexibility index (Phi) is 7.25. The van der Waals surface area contributed by atoms with Crippen LogP contribution in [0.5, 0.6) is 0 Å². The minimum Gasteiger partial charge on any atom is -0.316 e. The van der Waals surface area contributed by atoms with E-state index in [0.29, 0.717) is 0 Å². The van der Waals surface area contributed by atoms with E-state index < -0.39 is 29.9 Å². The lowest BCUT2D eigenvalue weighted by molar-refractivity contribution is -0.116. The monoisotopic (exact) mass is 254 g/mol. The molecular weight excluding hydrogens is 236 g/mol. The summed E-state index contributed by atoms with van der Waals surface area (Å²) in [7, 11) is 0. The van der Waals surface area contributed by atoms with Crippen LogP contribution < -0.4 is 22.1 Å². The minimum atomic E-state index is -1.18. The number of urea groups is 1. The molecule has 0 saturated heterocycles. The Hall–Kier alpha value is -1.99. The lowest BCUT2D eigenvalue weighted by atomic mass is 10.3. The molecule has 0 saturated carbocycles. The second-order valence-corrected chi connectivity index (χ2v) is 3.38. The van der Waals surface area contributed by atoms with Gasteiger partial charge in [-0.3, -0.25) is 9.59 Å². The maximum Gasteiger partial charge on any atom is 0.317 e. The maximum atomic E-state index is 11.3. The fourth-order valence-electron chi connectivity index (χ4n) is 1.00. The Morgan fingerprint density at radius 3 is 1.50 bits per heavy atom. The van der Waals surface area contributed by atoms with Crippen molar-refractivity contribution in [3.8, 4) is 0 Å². The first-order chi connectivity index (χ1) is 8.42. The van der Waals surface area contributed by atoms with E-state index in [4.69, 9.17) is 11.5 Å². The first-order valence-electron chi connectivity index (χ1n) is 5.33. The van der Waals surface area contributed by atoms with Crippen LogP contribution in [0.2, 0.25) is 0 Å². The quantitative estimate of drug-likeness (QED) is 0.362. The lowest BCUT2D eigenvalue weighted by Crippen LogP contribution is -2.56. The molecule has 2 amide bonds. The highest BCUT2D eigenvalue weighted by Crippen LogP contribution is 1.84. The zero-order valence-electron chi connectivity index (χ0n) is 10.3. The van der Waals surface area contributed by atoms with Gasteiger partial charge in [-0.05, 0) is 26.0 Å². The van der Waals surface area contributed by atoms with Gasteiger partial charge in [0.25, 0.3) is 0 Å². The summed E-state index contributed by atoms with van der Waals surface area (Å²) in [5.41, 5.74) is 10.8. The highest BCUT2D eigenvalue weighted by Gasteiger charge is 2.17. The molecule has 0 radical (unpaired) electrons. The Morgan fingerprint density at radius 2 is 1.22 bits per heavy atom. The molecule has 2 unspecified atom stereocenters. The van der Waals surface area contributed by atoms with Crippen LogP contribution in [-0.2, 0) is 9.59 Å². The Labute approximate surface area is 105 Å². The number of carbonyl (C=O) groups excluding carboxylic acids is 3. The number of allylic oxidation sites excluding steroid dienone is 2. The summed E-state index contributed by atoms with van der Waals surface area (Å²) in [4.78, 5) is 33.8. The summed E-state index contributed by atoms with van der Waals surface area (Å²) in [6.07, 6.45) is 3.12. The van der Waals surface area contributed by atoms with E-state index in [0.717, 1.165) is 0 Å². The molecule has 0 aromatic rings. The van der Waals surface area contributed by atoms with Crippen molar-refractivity contribution >= 4 is 17.6 Å². The molecule has 18 heavy (non-hydrogen) atoms. The molecule has 0 aliphatic carbocycles. The van der Waals surface area contributed by atoms with Crippen molar-refractivity contribution in [2.45, 2.75) is 26.2 Å². The van der Waals surface area contributed by atoms with Crippen LogP contribution in [-0.4, -0.2) is 29.9 Å². The van der Waals surface area contributed by atoms with Crippen LogP contribution in [0.4, 0.5) is 4.79 Å². The molecule has 0 aliphatic heterocycles. The topological polar surface area (TPSA) is 127 Å². The number of rotatable bonds is 6. The average Bonchev–Trinajstić information content (AvgIpc) is 2.29. The van der Waals surface area contributed by atoms with Gasteiger partial charge in [0.1, 0.15) is 12.3 Å². The normalized spacial score (nSPS) is 14.4. The first kappa shape index (κ1) is 16.0. The molecule has 0 bridgehead atoms. The predicted molar refractivity (Wildman–Crippen MR) is 67.3 cm³/mol. The van der Waals surface area contributed by atoms with Crippen LogP contribution in [0, 0.1) is 0 Å². The van der Waals surface area contributed by atoms with Gasteiger partial charge in [-0.25, -0.2) is 4.79 Å². The summed E-state index contributed by atoms with van der Waals surface area (Å²) in [5.74, 6) is -0.915. The van der Waals surface area contributed by atoms with Gasteiger partial charge in [0, 0.05) is 0 Å². The van der Waals surface area contributed by atoms with Gasteiger partial charge in [0.05, 0.1) is 0 Å². The van der Waals surface area contributed by atoms with E-state index >= 15 is 0 Å². The van der Waals surface area contributed by atoms with Crippen molar-refractivity contribution in [1.82, 2.24) is 10.6 Å². The van der Waals surface area contributed by atoms with Crippen molar-refractivity contribution in [2.75, 3.05) is 0 Å². The summed E-state index contributed by atoms with van der Waals surface area (Å²) in [5, 5.41) is 4.33. The third-order valence-electron chi connectivity index (χ3n) is 1.85. The van der Waals surface area contributed by atoms with E-state index in [9.17, 15) is 14.4 Å². The van der Waals surface area contributed by atoms with Crippen LogP contribution in [0.25, 0.3) is 0 Å². The molecule has 0 rings (SSSR count). The van der Waals surface area contributed by atoms with Gasteiger partial charge < -0.3 is 22.1 Å². The van der Waals surface area contributed by atoms with Gasteiger partial charge in [-0.1, -0.05) is 12.2 Å². The molecule has 0 heterocycles. The molecule has 0 spiro atoms. The summed E-state index contributed by atoms with van der Waals surface area (Å²) >= 11 is 0. The van der Waals surface area contributed by atoms with Gasteiger partial charge >= 0.3 is 6.03 Å². The SMILES string of the molecule is CC=CC(=O)C(N)NC(=O)NC(N)C(=O)C=CC. The fourth-order valence-corrected chi connectivity index (χ4v) is 1.00. The van der Waals surface area contributed by atoms with Crippen molar-refractivity contribution in [1.29, 1.82) is 0 Å². The Morgan fingerprint density at radius 1 is 0.889 bits per heavy atom. The second kappa shape index (κ2) is 8.15. The van der Waals surface area contributed by atoms with Crippen molar-refractivity contribution < 1.29 is 14.4 Å². The summed E-state index contributed by atoms with van der Waals surface area (Å²) in [6.45, 7) is 3.30. The minimum absolute atomic E-state index is 0.457. The van der Waals surface area contributed by atoms with E-state index in [1.54, 1.807) is 13.8 Å². The van der Waals surface area contributed by atoms with Gasteiger partial charge in [0.2, 0.25) is 0 Å². The van der Waals surface area contributed by atoms with Crippen LogP contribution >= 0.6 is 0 Å². The number of carbonyl (C=O) groups is 3. The summed E-state index contributed by atoms with van der Waals surface area (Å²) < 4.78 is 0. The molecule has 6 N–H and O–H groups in total. The standard InChI is InChI=1S/C11H18N4O3/c1-3-5-7(16)9(12)14-11(18)15-10(13)8(17)6-4-2/h3-6,9-10H,12-13H2,1-2H3,(H2,14,15,18). The second-order valence-electron chi connectivity index (χ2n) is 3.38. The molecule has 7 heteroatoms. The van der Waals surface area contributed by atoms with E-state index in [1.807, 2.05) is 0 Å². The zero-order chi connectivity index (χ0) is 14.1. The zero-order valence-corrected chi connectivity index (χ0v) is 10.3. The van der Waals surface area contributed by atoms with Crippen molar-refractivity contribution in [3.63, 3.8) is 0 Å². The number of nitrogens with two attached hydrogens (primary N) is 2. The largest absolute Gasteiger partial charge is 0.317 e. The fraction of sp³-hybridized carbons (Fsp3) is 0.364. The van der Waals surface area contributed by atoms with E-state index in [2.05, 4.69) is 10.6 Å². The summed E-state index contributed by atoms with van der Waals surface area (Å²) in [6, 6.07) is -0.786.